The number of aliphatic imine (C=N–C) groups is 1. The van der Waals surface area contributed by atoms with Crippen molar-refractivity contribution in [2.75, 3.05) is 7.11 Å². The second-order valence-corrected chi connectivity index (χ2v) is 2.37. The number of hydrogen-bond acceptors (Lipinski definition) is 4. The van der Waals surface area contributed by atoms with E-state index in [4.69, 9.17) is 4.74 Å². The Morgan fingerprint density at radius 2 is 2.00 bits per heavy atom. The molecule has 0 aliphatic carbocycles. The van der Waals surface area contributed by atoms with E-state index in [1.807, 2.05) is 6.92 Å². The van der Waals surface area contributed by atoms with Gasteiger partial charge in [-0.2, -0.15) is 5.10 Å². The highest BCUT2D eigenvalue weighted by Gasteiger charge is 2.05. The maximum Gasteiger partial charge on any atom is 0.195 e. The second-order valence-electron chi connectivity index (χ2n) is 2.37. The summed E-state index contributed by atoms with van der Waals surface area (Å²) < 4.78 is 5.00. The summed E-state index contributed by atoms with van der Waals surface area (Å²) in [6.45, 7) is 3.69. The van der Waals surface area contributed by atoms with Crippen LogP contribution in [0.2, 0.25) is 0 Å². The molecule has 60 valence electrons. The van der Waals surface area contributed by atoms with Gasteiger partial charge in [0.25, 0.3) is 0 Å². The molecule has 0 aromatic heterocycles. The van der Waals surface area contributed by atoms with Gasteiger partial charge in [0.1, 0.15) is 0 Å². The minimum absolute atomic E-state index is 0.638. The maximum absolute atomic E-state index is 5.00. The second kappa shape index (κ2) is 3.27. The van der Waals surface area contributed by atoms with Crippen LogP contribution in [0.3, 0.4) is 0 Å². The summed E-state index contributed by atoms with van der Waals surface area (Å²) in [4.78, 5) is 4.07. The number of rotatable bonds is 0. The zero-order chi connectivity index (χ0) is 8.27. The Morgan fingerprint density at radius 3 is 2.64 bits per heavy atom. The smallest absolute Gasteiger partial charge is 0.195 e. The average molecular weight is 153 g/mol. The Labute approximate surface area is 65.7 Å². The van der Waals surface area contributed by atoms with E-state index < -0.39 is 0 Å². The predicted molar refractivity (Wildman–Crippen MR) is 45.3 cm³/mol. The largest absolute Gasteiger partial charge is 0.484 e. The Bertz CT molecular complexity index is 240. The maximum atomic E-state index is 5.00. The topological polar surface area (TPSA) is 46.3 Å². The van der Waals surface area contributed by atoms with Gasteiger partial charge in [0, 0.05) is 5.71 Å². The predicted octanol–water partition coefficient (Wildman–Crippen LogP) is 1.23. The lowest BCUT2D eigenvalue weighted by atomic mass is 10.3. The number of ether oxygens (including phenoxy) is 1. The zero-order valence-electron chi connectivity index (χ0n) is 6.96. The van der Waals surface area contributed by atoms with Crippen LogP contribution >= 0.6 is 0 Å². The molecule has 0 amide bonds. The molecule has 0 atom stereocenters. The van der Waals surface area contributed by atoms with Gasteiger partial charge in [-0.3, -0.25) is 0 Å². The van der Waals surface area contributed by atoms with E-state index in [9.17, 15) is 0 Å². The van der Waals surface area contributed by atoms with Gasteiger partial charge in [0.05, 0.1) is 13.5 Å². The number of nitrogens with zero attached hydrogens (tertiary/aromatic N) is 3. The van der Waals surface area contributed by atoms with E-state index in [2.05, 4.69) is 15.2 Å². The first-order valence-corrected chi connectivity index (χ1v) is 3.41. The molecule has 0 aromatic carbocycles. The van der Waals surface area contributed by atoms with E-state index in [1.165, 1.54) is 0 Å². The molecule has 11 heavy (non-hydrogen) atoms. The molecular formula is C7H11N3O. The third kappa shape index (κ3) is 2.14. The minimum Gasteiger partial charge on any atom is -0.484 e. The van der Waals surface area contributed by atoms with Crippen LogP contribution in [0.15, 0.2) is 15.2 Å². The molecule has 0 aromatic rings. The molecule has 0 unspecified atom stereocenters. The number of methoxy groups -OCH3 is 1. The van der Waals surface area contributed by atoms with E-state index in [0.29, 0.717) is 18.2 Å². The molecule has 0 saturated heterocycles. The molecule has 0 spiro atoms. The van der Waals surface area contributed by atoms with E-state index in [-0.39, 0.29) is 0 Å². The Morgan fingerprint density at radius 1 is 1.27 bits per heavy atom. The van der Waals surface area contributed by atoms with Crippen LogP contribution in [0.1, 0.15) is 20.3 Å². The molecular weight excluding hydrogens is 142 g/mol. The van der Waals surface area contributed by atoms with Gasteiger partial charge in [-0.1, -0.05) is 0 Å². The first kappa shape index (κ1) is 7.91. The van der Waals surface area contributed by atoms with Gasteiger partial charge >= 0.3 is 0 Å². The monoisotopic (exact) mass is 153 g/mol. The van der Waals surface area contributed by atoms with Gasteiger partial charge < -0.3 is 4.74 Å². The van der Waals surface area contributed by atoms with Crippen LogP contribution in [0.25, 0.3) is 0 Å². The molecule has 0 fully saturated rings. The summed E-state index contributed by atoms with van der Waals surface area (Å²) in [6, 6.07) is 0. The SMILES string of the molecule is COC1=NC(C)=NN=C(C)C1. The lowest BCUT2D eigenvalue weighted by Crippen LogP contribution is -2.06. The molecule has 0 bridgehead atoms. The van der Waals surface area contributed by atoms with Crippen molar-refractivity contribution in [2.45, 2.75) is 20.3 Å². The number of hydrogen-bond donors (Lipinski definition) is 0. The first-order valence-electron chi connectivity index (χ1n) is 3.41. The van der Waals surface area contributed by atoms with Crippen LogP contribution in [0, 0.1) is 0 Å². The first-order chi connectivity index (χ1) is 5.22. The lowest BCUT2D eigenvalue weighted by molar-refractivity contribution is 0.397. The molecule has 1 heterocycles. The molecule has 4 nitrogen and oxygen atoms in total. The summed E-state index contributed by atoms with van der Waals surface area (Å²) in [5.41, 5.74) is 0.919. The van der Waals surface area contributed by atoms with Crippen LogP contribution in [0.4, 0.5) is 0 Å². The fraction of sp³-hybridized carbons (Fsp3) is 0.571. The summed E-state index contributed by atoms with van der Waals surface area (Å²) in [6.07, 6.45) is 0.650. The highest BCUT2D eigenvalue weighted by Crippen LogP contribution is 1.99. The Kier molecular flexibility index (Phi) is 2.36. The standard InChI is InChI=1S/C7H11N3O/c1-5-4-7(11-3)8-6(2)10-9-5/h4H2,1-3H3. The van der Waals surface area contributed by atoms with E-state index in [0.717, 1.165) is 5.71 Å². The Hall–Kier alpha value is -1.19. The van der Waals surface area contributed by atoms with Crippen molar-refractivity contribution < 1.29 is 4.74 Å². The van der Waals surface area contributed by atoms with Gasteiger partial charge in [0.2, 0.25) is 0 Å². The summed E-state index contributed by atoms with van der Waals surface area (Å²) in [5, 5.41) is 7.75. The fourth-order valence-electron chi connectivity index (χ4n) is 0.772. The highest BCUT2D eigenvalue weighted by molar-refractivity contribution is 6.05. The normalized spacial score (nSPS) is 17.9. The van der Waals surface area contributed by atoms with Crippen LogP contribution in [0.5, 0.6) is 0 Å². The molecule has 4 heteroatoms. The van der Waals surface area contributed by atoms with Crippen molar-refractivity contribution in [3.63, 3.8) is 0 Å². The lowest BCUT2D eigenvalue weighted by Gasteiger charge is -1.99. The molecule has 1 rings (SSSR count). The fourth-order valence-corrected chi connectivity index (χ4v) is 0.772. The summed E-state index contributed by atoms with van der Waals surface area (Å²) in [5.74, 6) is 1.31. The van der Waals surface area contributed by atoms with Gasteiger partial charge in [-0.05, 0) is 13.8 Å². The molecule has 1 aliphatic rings. The van der Waals surface area contributed by atoms with Crippen molar-refractivity contribution in [2.24, 2.45) is 15.2 Å². The van der Waals surface area contributed by atoms with Crippen LogP contribution in [-0.2, 0) is 4.74 Å². The zero-order valence-corrected chi connectivity index (χ0v) is 6.96. The van der Waals surface area contributed by atoms with Crippen LogP contribution < -0.4 is 0 Å². The molecule has 0 saturated carbocycles. The van der Waals surface area contributed by atoms with Gasteiger partial charge in [0.15, 0.2) is 11.7 Å². The van der Waals surface area contributed by atoms with E-state index in [1.54, 1.807) is 14.0 Å². The van der Waals surface area contributed by atoms with Gasteiger partial charge in [-0.25, -0.2) is 4.99 Å². The van der Waals surface area contributed by atoms with Crippen molar-refractivity contribution in [3.8, 4) is 0 Å². The number of amidine groups is 1. The summed E-state index contributed by atoms with van der Waals surface area (Å²) >= 11 is 0. The van der Waals surface area contributed by atoms with E-state index >= 15 is 0 Å². The summed E-state index contributed by atoms with van der Waals surface area (Å²) in [7, 11) is 1.60. The van der Waals surface area contributed by atoms with Crippen molar-refractivity contribution in [1.82, 2.24) is 0 Å². The quantitative estimate of drug-likeness (QED) is 0.516. The third-order valence-corrected chi connectivity index (χ3v) is 1.29. The molecule has 0 radical (unpaired) electrons. The minimum atomic E-state index is 0.638. The third-order valence-electron chi connectivity index (χ3n) is 1.29. The Balaban J connectivity index is 2.86. The van der Waals surface area contributed by atoms with Crippen molar-refractivity contribution in [3.05, 3.63) is 0 Å². The van der Waals surface area contributed by atoms with Gasteiger partial charge in [-0.15, -0.1) is 5.10 Å². The van der Waals surface area contributed by atoms with Crippen molar-refractivity contribution in [1.29, 1.82) is 0 Å². The molecule has 1 aliphatic heterocycles. The average Bonchev–Trinajstić information content (AvgIpc) is 2.13. The van der Waals surface area contributed by atoms with Crippen LogP contribution in [-0.4, -0.2) is 24.6 Å². The highest BCUT2D eigenvalue weighted by atomic mass is 16.5. The van der Waals surface area contributed by atoms with Crippen molar-refractivity contribution >= 4 is 17.4 Å². The molecule has 0 N–H and O–H groups in total.